The molecule has 0 aliphatic heterocycles. The summed E-state index contributed by atoms with van der Waals surface area (Å²) in [4.78, 5) is 10.6. The van der Waals surface area contributed by atoms with Crippen molar-refractivity contribution in [3.63, 3.8) is 0 Å². The van der Waals surface area contributed by atoms with E-state index in [4.69, 9.17) is 0 Å². The van der Waals surface area contributed by atoms with Crippen molar-refractivity contribution in [2.45, 2.75) is 18.8 Å². The predicted octanol–water partition coefficient (Wildman–Crippen LogP) is 2.77. The molecule has 0 saturated heterocycles. The molecule has 0 spiro atoms. The molecular formula is C11H11BrN4O2. The van der Waals surface area contributed by atoms with Gasteiger partial charge in [-0.15, -0.1) is 10.2 Å². The molecule has 18 heavy (non-hydrogen) atoms. The lowest BCUT2D eigenvalue weighted by Gasteiger charge is -2.06. The van der Waals surface area contributed by atoms with E-state index in [1.165, 1.54) is 6.07 Å². The van der Waals surface area contributed by atoms with Crippen molar-refractivity contribution in [3.8, 4) is 11.4 Å². The SMILES string of the molecule is CCn1c(CBr)nnc1-c1ccccc1[N+](=O)[O-]. The van der Waals surface area contributed by atoms with Crippen LogP contribution in [-0.2, 0) is 11.9 Å². The Kier molecular flexibility index (Phi) is 3.71. The van der Waals surface area contributed by atoms with E-state index in [0.717, 1.165) is 5.82 Å². The third kappa shape index (κ3) is 2.13. The fourth-order valence-electron chi connectivity index (χ4n) is 1.79. The number of para-hydroxylation sites is 1. The maximum absolute atomic E-state index is 11.0. The van der Waals surface area contributed by atoms with Gasteiger partial charge >= 0.3 is 0 Å². The highest BCUT2D eigenvalue weighted by molar-refractivity contribution is 9.08. The third-order valence-corrected chi connectivity index (χ3v) is 3.11. The van der Waals surface area contributed by atoms with Crippen LogP contribution in [0, 0.1) is 10.1 Å². The van der Waals surface area contributed by atoms with Gasteiger partial charge in [-0.05, 0) is 13.0 Å². The van der Waals surface area contributed by atoms with Crippen LogP contribution in [0.15, 0.2) is 24.3 Å². The number of hydrogen-bond acceptors (Lipinski definition) is 4. The predicted molar refractivity (Wildman–Crippen MR) is 70.4 cm³/mol. The van der Waals surface area contributed by atoms with Gasteiger partial charge < -0.3 is 4.57 Å². The zero-order valence-electron chi connectivity index (χ0n) is 9.71. The van der Waals surface area contributed by atoms with Crippen LogP contribution in [0.3, 0.4) is 0 Å². The summed E-state index contributed by atoms with van der Waals surface area (Å²) in [7, 11) is 0. The first kappa shape index (κ1) is 12.7. The van der Waals surface area contributed by atoms with Crippen LogP contribution in [0.1, 0.15) is 12.7 Å². The first-order chi connectivity index (χ1) is 8.69. The Morgan fingerprint density at radius 1 is 1.39 bits per heavy atom. The molecule has 0 fully saturated rings. The number of nitrogens with zero attached hydrogens (tertiary/aromatic N) is 4. The highest BCUT2D eigenvalue weighted by atomic mass is 79.9. The summed E-state index contributed by atoms with van der Waals surface area (Å²) in [5.41, 5.74) is 0.532. The number of hydrogen-bond donors (Lipinski definition) is 0. The number of rotatable bonds is 4. The van der Waals surface area contributed by atoms with Gasteiger partial charge in [-0.2, -0.15) is 0 Å². The quantitative estimate of drug-likeness (QED) is 0.494. The molecule has 0 saturated carbocycles. The topological polar surface area (TPSA) is 73.8 Å². The average molecular weight is 311 g/mol. The summed E-state index contributed by atoms with van der Waals surface area (Å²) in [6.45, 7) is 2.61. The van der Waals surface area contributed by atoms with Gasteiger partial charge in [0.2, 0.25) is 0 Å². The molecular weight excluding hydrogens is 300 g/mol. The van der Waals surface area contributed by atoms with Crippen molar-refractivity contribution in [2.24, 2.45) is 0 Å². The molecule has 0 aliphatic rings. The Bertz CT molecular complexity index is 582. The van der Waals surface area contributed by atoms with Crippen molar-refractivity contribution in [1.82, 2.24) is 14.8 Å². The smallest absolute Gasteiger partial charge is 0.280 e. The van der Waals surface area contributed by atoms with Gasteiger partial charge in [0.1, 0.15) is 5.82 Å². The Hall–Kier alpha value is -1.76. The molecule has 0 radical (unpaired) electrons. The molecule has 2 aromatic rings. The van der Waals surface area contributed by atoms with E-state index in [2.05, 4.69) is 26.1 Å². The van der Waals surface area contributed by atoms with Crippen molar-refractivity contribution >= 4 is 21.6 Å². The average Bonchev–Trinajstić information content (AvgIpc) is 2.81. The molecule has 7 heteroatoms. The van der Waals surface area contributed by atoms with E-state index in [9.17, 15) is 10.1 Å². The Labute approximate surface area is 112 Å². The summed E-state index contributed by atoms with van der Waals surface area (Å²) in [6.07, 6.45) is 0. The van der Waals surface area contributed by atoms with E-state index in [1.54, 1.807) is 18.2 Å². The van der Waals surface area contributed by atoms with Gasteiger partial charge in [0.25, 0.3) is 5.69 Å². The lowest BCUT2D eigenvalue weighted by molar-refractivity contribution is -0.384. The van der Waals surface area contributed by atoms with Gasteiger partial charge in [-0.3, -0.25) is 10.1 Å². The van der Waals surface area contributed by atoms with Crippen LogP contribution in [0.2, 0.25) is 0 Å². The van der Waals surface area contributed by atoms with E-state index in [1.807, 2.05) is 11.5 Å². The molecule has 1 heterocycles. The van der Waals surface area contributed by atoms with Gasteiger partial charge in [0.05, 0.1) is 15.8 Å². The van der Waals surface area contributed by atoms with Crippen LogP contribution >= 0.6 is 15.9 Å². The molecule has 0 aliphatic carbocycles. The van der Waals surface area contributed by atoms with Gasteiger partial charge in [0, 0.05) is 12.6 Å². The molecule has 94 valence electrons. The fourth-order valence-corrected chi connectivity index (χ4v) is 2.20. The van der Waals surface area contributed by atoms with E-state index < -0.39 is 4.92 Å². The van der Waals surface area contributed by atoms with Gasteiger partial charge in [0.15, 0.2) is 5.82 Å². The number of alkyl halides is 1. The Balaban J connectivity index is 2.62. The van der Waals surface area contributed by atoms with Gasteiger partial charge in [-0.25, -0.2) is 0 Å². The number of nitro groups is 1. The van der Waals surface area contributed by atoms with Crippen molar-refractivity contribution in [3.05, 3.63) is 40.2 Å². The van der Waals surface area contributed by atoms with Gasteiger partial charge in [-0.1, -0.05) is 28.1 Å². The number of halogens is 1. The minimum Gasteiger partial charge on any atom is -0.310 e. The van der Waals surface area contributed by atoms with Crippen molar-refractivity contribution in [1.29, 1.82) is 0 Å². The summed E-state index contributed by atoms with van der Waals surface area (Å²) in [6, 6.07) is 6.55. The minimum absolute atomic E-state index is 0.0423. The summed E-state index contributed by atoms with van der Waals surface area (Å²) < 4.78 is 1.86. The zero-order valence-corrected chi connectivity index (χ0v) is 11.3. The molecule has 0 bridgehead atoms. The molecule has 0 amide bonds. The van der Waals surface area contributed by atoms with Crippen LogP contribution < -0.4 is 0 Å². The van der Waals surface area contributed by atoms with Crippen molar-refractivity contribution < 1.29 is 4.92 Å². The van der Waals surface area contributed by atoms with Crippen LogP contribution in [0.4, 0.5) is 5.69 Å². The minimum atomic E-state index is -0.405. The Morgan fingerprint density at radius 2 is 2.11 bits per heavy atom. The number of benzene rings is 1. The number of aromatic nitrogens is 3. The maximum Gasteiger partial charge on any atom is 0.280 e. The zero-order chi connectivity index (χ0) is 13.1. The van der Waals surface area contributed by atoms with Crippen LogP contribution in [0.25, 0.3) is 11.4 Å². The molecule has 0 unspecified atom stereocenters. The Morgan fingerprint density at radius 3 is 2.72 bits per heavy atom. The van der Waals surface area contributed by atoms with Crippen LogP contribution in [0.5, 0.6) is 0 Å². The highest BCUT2D eigenvalue weighted by Gasteiger charge is 2.20. The second-order valence-electron chi connectivity index (χ2n) is 3.59. The molecule has 0 atom stereocenters. The van der Waals surface area contributed by atoms with Crippen LogP contribution in [-0.4, -0.2) is 19.7 Å². The third-order valence-electron chi connectivity index (χ3n) is 2.60. The second kappa shape index (κ2) is 5.26. The monoisotopic (exact) mass is 310 g/mol. The molecule has 2 rings (SSSR count). The lowest BCUT2D eigenvalue weighted by Crippen LogP contribution is -2.03. The summed E-state index contributed by atoms with van der Waals surface area (Å²) in [5, 5.41) is 19.6. The van der Waals surface area contributed by atoms with E-state index in [-0.39, 0.29) is 5.69 Å². The summed E-state index contributed by atoms with van der Waals surface area (Å²) >= 11 is 3.33. The molecule has 6 nitrogen and oxygen atoms in total. The highest BCUT2D eigenvalue weighted by Crippen LogP contribution is 2.28. The molecule has 0 N–H and O–H groups in total. The lowest BCUT2D eigenvalue weighted by atomic mass is 10.1. The number of nitro benzene ring substituents is 1. The largest absolute Gasteiger partial charge is 0.310 e. The molecule has 1 aromatic carbocycles. The first-order valence-electron chi connectivity index (χ1n) is 5.40. The summed E-state index contributed by atoms with van der Waals surface area (Å²) in [5.74, 6) is 1.28. The first-order valence-corrected chi connectivity index (χ1v) is 6.53. The standard InChI is InChI=1S/C11H11BrN4O2/c1-2-15-10(7-12)13-14-11(15)8-5-3-4-6-9(8)16(17)18/h3-6H,2,7H2,1H3. The molecule has 1 aromatic heterocycles. The van der Waals surface area contributed by atoms with Crippen molar-refractivity contribution in [2.75, 3.05) is 0 Å². The second-order valence-corrected chi connectivity index (χ2v) is 4.15. The van der Waals surface area contributed by atoms with E-state index >= 15 is 0 Å². The maximum atomic E-state index is 11.0. The fraction of sp³-hybridized carbons (Fsp3) is 0.273. The van der Waals surface area contributed by atoms with E-state index in [0.29, 0.717) is 23.3 Å². The normalized spacial score (nSPS) is 10.6.